The van der Waals surface area contributed by atoms with Crippen LogP contribution in [0.25, 0.3) is 0 Å². The molecule has 0 spiro atoms. The second-order valence-electron chi connectivity index (χ2n) is 7.65. The van der Waals surface area contributed by atoms with E-state index in [1.165, 1.54) is 12.3 Å². The van der Waals surface area contributed by atoms with Crippen molar-refractivity contribution in [3.05, 3.63) is 29.8 Å². The van der Waals surface area contributed by atoms with Gasteiger partial charge in [-0.2, -0.15) is 0 Å². The van der Waals surface area contributed by atoms with E-state index in [-0.39, 0.29) is 30.4 Å². The second-order valence-corrected chi connectivity index (χ2v) is 9.50. The third-order valence-electron chi connectivity index (χ3n) is 4.94. The van der Waals surface area contributed by atoms with Gasteiger partial charge in [0.1, 0.15) is 5.82 Å². The Labute approximate surface area is 173 Å². The van der Waals surface area contributed by atoms with Crippen molar-refractivity contribution in [1.82, 2.24) is 10.3 Å². The molecule has 0 unspecified atom stereocenters. The molecule has 10 heteroatoms. The van der Waals surface area contributed by atoms with Crippen LogP contribution >= 0.6 is 24.8 Å². The molecule has 1 atom stereocenters. The van der Waals surface area contributed by atoms with Crippen LogP contribution in [0.4, 0.5) is 4.39 Å². The van der Waals surface area contributed by atoms with Crippen LogP contribution in [0.5, 0.6) is 0 Å². The molecule has 1 aromatic rings. The molecule has 0 saturated heterocycles. The Morgan fingerprint density at radius 3 is 2.41 bits per heavy atom. The van der Waals surface area contributed by atoms with Crippen molar-refractivity contribution in [1.29, 1.82) is 0 Å². The monoisotopic (exact) mass is 445 g/mol. The van der Waals surface area contributed by atoms with Gasteiger partial charge < -0.3 is 10.4 Å². The fourth-order valence-corrected chi connectivity index (χ4v) is 4.49. The summed E-state index contributed by atoms with van der Waals surface area (Å²) in [5.74, 6) is -0.0455. The first-order valence-corrected chi connectivity index (χ1v) is 10.2. The molecule has 1 heterocycles. The lowest BCUT2D eigenvalue weighted by Gasteiger charge is -2.35. The fraction of sp³-hybridized carbons (Fsp3) is 0.706. The van der Waals surface area contributed by atoms with Crippen molar-refractivity contribution >= 4 is 34.8 Å². The predicted molar refractivity (Wildman–Crippen MR) is 109 cm³/mol. The molecule has 1 aromatic heterocycles. The summed E-state index contributed by atoms with van der Waals surface area (Å²) in [6.07, 6.45) is 5.49. The maximum atomic E-state index is 13.2. The molecule has 0 bridgehead atoms. The molecule has 0 amide bonds. The predicted octanol–water partition coefficient (Wildman–Crippen LogP) is 2.70. The van der Waals surface area contributed by atoms with Crippen molar-refractivity contribution in [2.45, 2.75) is 62.8 Å². The van der Waals surface area contributed by atoms with Crippen molar-refractivity contribution in [3.8, 4) is 0 Å². The second kappa shape index (κ2) is 10.9. The van der Waals surface area contributed by atoms with Crippen molar-refractivity contribution < 1.29 is 17.9 Å². The molecule has 158 valence electrons. The summed E-state index contributed by atoms with van der Waals surface area (Å²) >= 11 is 0. The number of nitrogens with one attached hydrogen (secondary N) is 1. The number of nitrogens with two attached hydrogens (primary N) is 1. The Kier molecular flexibility index (Phi) is 10.7. The van der Waals surface area contributed by atoms with Gasteiger partial charge in [0.2, 0.25) is 10.0 Å². The van der Waals surface area contributed by atoms with Crippen LogP contribution in [0.15, 0.2) is 18.5 Å². The number of β-amino-alcohol motifs (C(OH)–C–C–N with tert-alkyl or cyclic N) is 1. The van der Waals surface area contributed by atoms with Gasteiger partial charge in [0, 0.05) is 23.8 Å². The summed E-state index contributed by atoms with van der Waals surface area (Å²) in [7, 11) is -3.43. The minimum Gasteiger partial charge on any atom is -0.387 e. The number of primary sulfonamides is 1. The highest BCUT2D eigenvalue weighted by Crippen LogP contribution is 2.33. The van der Waals surface area contributed by atoms with Gasteiger partial charge in [-0.15, -0.1) is 24.8 Å². The zero-order chi connectivity index (χ0) is 18.7. The van der Waals surface area contributed by atoms with Gasteiger partial charge in [-0.3, -0.25) is 4.98 Å². The van der Waals surface area contributed by atoms with Gasteiger partial charge in [-0.05, 0) is 57.9 Å². The number of nitrogens with zero attached hydrogens (tertiary/aromatic N) is 1. The van der Waals surface area contributed by atoms with E-state index in [0.717, 1.165) is 25.5 Å². The Balaban J connectivity index is 0.00000338. The molecular formula is C17H30Cl2FN3O3S. The highest BCUT2D eigenvalue weighted by Gasteiger charge is 2.31. The van der Waals surface area contributed by atoms with Crippen LogP contribution < -0.4 is 10.5 Å². The van der Waals surface area contributed by atoms with Gasteiger partial charge in [-0.25, -0.2) is 17.9 Å². The number of aliphatic hydroxyl groups is 1. The highest BCUT2D eigenvalue weighted by molar-refractivity contribution is 7.89. The van der Waals surface area contributed by atoms with Crippen LogP contribution in [0.3, 0.4) is 0 Å². The Hall–Kier alpha value is -0.510. The Morgan fingerprint density at radius 2 is 1.89 bits per heavy atom. The van der Waals surface area contributed by atoms with E-state index in [1.807, 2.05) is 0 Å². The number of halogens is 3. The topological polar surface area (TPSA) is 105 Å². The average molecular weight is 446 g/mol. The van der Waals surface area contributed by atoms with Crippen LogP contribution in [0.2, 0.25) is 0 Å². The van der Waals surface area contributed by atoms with E-state index >= 15 is 0 Å². The SMILES string of the molecule is CC(C)(CC1CCC(S(N)(=O)=O)CC1)NC[C@H](O)c1cncc(F)c1.Cl.Cl. The standard InChI is InChI=1S/C17H28FN3O3S.2ClH/c1-17(2,8-12-3-5-15(6-4-12)25(19,23)24)21-11-16(22)13-7-14(18)10-20-9-13;;/h7,9-10,12,15-16,21-22H,3-6,8,11H2,1-2H3,(H2,19,23,24);2*1H/t12?,15?,16-;;/m0../s1. The smallest absolute Gasteiger partial charge is 0.211 e. The summed E-state index contributed by atoms with van der Waals surface area (Å²) in [5, 5.41) is 18.3. The first-order valence-electron chi connectivity index (χ1n) is 8.62. The Morgan fingerprint density at radius 1 is 1.30 bits per heavy atom. The maximum Gasteiger partial charge on any atom is 0.211 e. The summed E-state index contributed by atoms with van der Waals surface area (Å²) < 4.78 is 36.0. The fourth-order valence-electron chi connectivity index (χ4n) is 3.56. The summed E-state index contributed by atoms with van der Waals surface area (Å²) in [4.78, 5) is 3.75. The van der Waals surface area contributed by atoms with E-state index < -0.39 is 27.2 Å². The van der Waals surface area contributed by atoms with Crippen molar-refractivity contribution in [3.63, 3.8) is 0 Å². The van der Waals surface area contributed by atoms with E-state index in [1.54, 1.807) is 0 Å². The van der Waals surface area contributed by atoms with Crippen LogP contribution in [-0.4, -0.2) is 35.8 Å². The lowest BCUT2D eigenvalue weighted by atomic mass is 9.80. The number of sulfonamides is 1. The van der Waals surface area contributed by atoms with E-state index in [2.05, 4.69) is 24.1 Å². The average Bonchev–Trinajstić information content (AvgIpc) is 2.52. The first kappa shape index (κ1) is 26.5. The molecule has 0 aliphatic heterocycles. The Bertz CT molecular complexity index is 684. The van der Waals surface area contributed by atoms with Crippen LogP contribution in [-0.2, 0) is 10.0 Å². The van der Waals surface area contributed by atoms with Gasteiger partial charge >= 0.3 is 0 Å². The lowest BCUT2D eigenvalue weighted by Crippen LogP contribution is -2.44. The van der Waals surface area contributed by atoms with Crippen LogP contribution in [0.1, 0.15) is 57.6 Å². The molecule has 1 aliphatic carbocycles. The number of hydrogen-bond acceptors (Lipinski definition) is 5. The molecule has 1 fully saturated rings. The van der Waals surface area contributed by atoms with Crippen LogP contribution in [0, 0.1) is 11.7 Å². The van der Waals surface area contributed by atoms with Crippen molar-refractivity contribution in [2.24, 2.45) is 11.1 Å². The van der Waals surface area contributed by atoms with Gasteiger partial charge in [0.25, 0.3) is 0 Å². The molecule has 0 aromatic carbocycles. The molecule has 6 nitrogen and oxygen atoms in total. The maximum absolute atomic E-state index is 13.2. The summed E-state index contributed by atoms with van der Waals surface area (Å²) in [6.45, 7) is 4.40. The molecule has 1 aliphatic rings. The molecule has 2 rings (SSSR count). The number of aliphatic hydroxyl groups excluding tert-OH is 1. The molecule has 1 saturated carbocycles. The molecule has 0 radical (unpaired) electrons. The van der Waals surface area contributed by atoms with Gasteiger partial charge in [0.05, 0.1) is 17.6 Å². The minimum absolute atomic E-state index is 0. The largest absolute Gasteiger partial charge is 0.387 e. The third kappa shape index (κ3) is 8.58. The van der Waals surface area contributed by atoms with Gasteiger partial charge in [0.15, 0.2) is 0 Å². The number of pyridine rings is 1. The van der Waals surface area contributed by atoms with E-state index in [9.17, 15) is 17.9 Å². The summed E-state index contributed by atoms with van der Waals surface area (Å²) in [6, 6.07) is 1.28. The van der Waals surface area contributed by atoms with E-state index in [0.29, 0.717) is 30.9 Å². The molecule has 27 heavy (non-hydrogen) atoms. The van der Waals surface area contributed by atoms with E-state index in [4.69, 9.17) is 5.14 Å². The zero-order valence-corrected chi connectivity index (χ0v) is 18.0. The normalized spacial score (nSPS) is 21.7. The third-order valence-corrected chi connectivity index (χ3v) is 6.34. The van der Waals surface area contributed by atoms with Crippen molar-refractivity contribution in [2.75, 3.05) is 6.54 Å². The highest BCUT2D eigenvalue weighted by atomic mass is 35.5. The zero-order valence-electron chi connectivity index (χ0n) is 15.6. The quantitative estimate of drug-likeness (QED) is 0.597. The van der Waals surface area contributed by atoms with Gasteiger partial charge in [-0.1, -0.05) is 0 Å². The first-order chi connectivity index (χ1) is 11.6. The number of hydrogen-bond donors (Lipinski definition) is 3. The number of rotatable bonds is 7. The lowest BCUT2D eigenvalue weighted by molar-refractivity contribution is 0.150. The number of aromatic nitrogens is 1. The minimum atomic E-state index is -3.43. The summed E-state index contributed by atoms with van der Waals surface area (Å²) in [5.41, 5.74) is 0.220. The molecular weight excluding hydrogens is 416 g/mol. The molecule has 4 N–H and O–H groups in total.